The summed E-state index contributed by atoms with van der Waals surface area (Å²) in [4.78, 5) is 4.47. The van der Waals surface area contributed by atoms with Crippen LogP contribution in [0.1, 0.15) is 38.4 Å². The molecule has 3 rings (SSSR count). The number of benzene rings is 1. The predicted molar refractivity (Wildman–Crippen MR) is 78.2 cm³/mol. The summed E-state index contributed by atoms with van der Waals surface area (Å²) >= 11 is 6.15. The summed E-state index contributed by atoms with van der Waals surface area (Å²) in [7, 11) is 0. The van der Waals surface area contributed by atoms with Crippen molar-refractivity contribution in [3.05, 3.63) is 35.1 Å². The quantitative estimate of drug-likeness (QED) is 0.915. The van der Waals surface area contributed by atoms with Gasteiger partial charge >= 0.3 is 0 Å². The predicted octanol–water partition coefficient (Wildman–Crippen LogP) is 3.75. The van der Waals surface area contributed by atoms with Gasteiger partial charge in [-0.1, -0.05) is 35.8 Å². The minimum Gasteiger partial charge on any atom is -0.334 e. The van der Waals surface area contributed by atoms with Crippen molar-refractivity contribution >= 4 is 11.6 Å². The first-order valence-electron chi connectivity index (χ1n) is 6.96. The maximum absolute atomic E-state index is 6.45. The summed E-state index contributed by atoms with van der Waals surface area (Å²) in [5.41, 5.74) is 6.74. The van der Waals surface area contributed by atoms with Crippen LogP contribution in [0.3, 0.4) is 0 Å². The molecule has 1 saturated carbocycles. The van der Waals surface area contributed by atoms with Crippen molar-refractivity contribution in [2.24, 2.45) is 11.7 Å². The zero-order valence-electron chi connectivity index (χ0n) is 11.5. The summed E-state index contributed by atoms with van der Waals surface area (Å²) in [5.74, 6) is 1.76. The van der Waals surface area contributed by atoms with Crippen LogP contribution < -0.4 is 5.73 Å². The largest absolute Gasteiger partial charge is 0.334 e. The van der Waals surface area contributed by atoms with Gasteiger partial charge in [0.25, 0.3) is 5.89 Å². The minimum absolute atomic E-state index is 0.439. The van der Waals surface area contributed by atoms with Crippen molar-refractivity contribution in [3.63, 3.8) is 0 Å². The standard InChI is InChI=1S/C15H18ClN3O/c1-10-6-8-15(17,9-7-10)14-18-13(20-19-14)11-4-2-3-5-12(11)16/h2-5,10H,6-9,17H2,1H3. The molecule has 0 radical (unpaired) electrons. The Hall–Kier alpha value is -1.39. The van der Waals surface area contributed by atoms with E-state index < -0.39 is 5.54 Å². The molecule has 0 aliphatic heterocycles. The molecule has 1 aliphatic carbocycles. The van der Waals surface area contributed by atoms with Crippen LogP contribution >= 0.6 is 11.6 Å². The van der Waals surface area contributed by atoms with Gasteiger partial charge in [-0.15, -0.1) is 0 Å². The average Bonchev–Trinajstić information content (AvgIpc) is 2.93. The van der Waals surface area contributed by atoms with Gasteiger partial charge in [0.1, 0.15) is 0 Å². The smallest absolute Gasteiger partial charge is 0.259 e. The van der Waals surface area contributed by atoms with Crippen LogP contribution in [0.15, 0.2) is 28.8 Å². The Bertz CT molecular complexity index is 603. The molecular formula is C15H18ClN3O. The van der Waals surface area contributed by atoms with Crippen LogP contribution in [0, 0.1) is 5.92 Å². The Balaban J connectivity index is 1.89. The Morgan fingerprint density at radius 3 is 2.70 bits per heavy atom. The van der Waals surface area contributed by atoms with Gasteiger partial charge in [0, 0.05) is 0 Å². The van der Waals surface area contributed by atoms with E-state index in [4.69, 9.17) is 21.9 Å². The van der Waals surface area contributed by atoms with E-state index in [0.717, 1.165) is 37.2 Å². The lowest BCUT2D eigenvalue weighted by atomic mass is 9.77. The van der Waals surface area contributed by atoms with Crippen LogP contribution in [0.25, 0.3) is 11.5 Å². The highest BCUT2D eigenvalue weighted by Gasteiger charge is 2.36. The molecule has 1 aromatic heterocycles. The van der Waals surface area contributed by atoms with E-state index in [-0.39, 0.29) is 0 Å². The molecule has 2 N–H and O–H groups in total. The lowest BCUT2D eigenvalue weighted by Crippen LogP contribution is -2.41. The molecule has 20 heavy (non-hydrogen) atoms. The van der Waals surface area contributed by atoms with Crippen LogP contribution in [-0.2, 0) is 5.54 Å². The van der Waals surface area contributed by atoms with Crippen molar-refractivity contribution in [3.8, 4) is 11.5 Å². The fourth-order valence-corrected chi connectivity index (χ4v) is 2.89. The van der Waals surface area contributed by atoms with Gasteiger partial charge < -0.3 is 10.3 Å². The van der Waals surface area contributed by atoms with Crippen LogP contribution in [0.4, 0.5) is 0 Å². The Labute approximate surface area is 123 Å². The lowest BCUT2D eigenvalue weighted by Gasteiger charge is -2.33. The van der Waals surface area contributed by atoms with Gasteiger partial charge in [-0.05, 0) is 43.7 Å². The third-order valence-corrected chi connectivity index (χ3v) is 4.47. The fraction of sp³-hybridized carbons (Fsp3) is 0.467. The first-order chi connectivity index (χ1) is 9.58. The van der Waals surface area contributed by atoms with Gasteiger partial charge in [-0.2, -0.15) is 4.98 Å². The van der Waals surface area contributed by atoms with Gasteiger partial charge in [-0.3, -0.25) is 0 Å². The second-order valence-corrected chi connectivity index (χ2v) is 6.15. The van der Waals surface area contributed by atoms with E-state index in [2.05, 4.69) is 17.1 Å². The van der Waals surface area contributed by atoms with E-state index in [1.807, 2.05) is 18.2 Å². The number of halogens is 1. The molecule has 0 bridgehead atoms. The van der Waals surface area contributed by atoms with Gasteiger partial charge in [-0.25, -0.2) is 0 Å². The van der Waals surface area contributed by atoms with E-state index >= 15 is 0 Å². The Morgan fingerprint density at radius 1 is 1.30 bits per heavy atom. The van der Waals surface area contributed by atoms with Crippen LogP contribution in [-0.4, -0.2) is 10.1 Å². The molecule has 4 nitrogen and oxygen atoms in total. The third-order valence-electron chi connectivity index (χ3n) is 4.14. The van der Waals surface area contributed by atoms with Gasteiger partial charge in [0.2, 0.25) is 0 Å². The Kier molecular flexibility index (Phi) is 3.52. The number of aromatic nitrogens is 2. The molecule has 1 fully saturated rings. The van der Waals surface area contributed by atoms with Crippen molar-refractivity contribution in [1.82, 2.24) is 10.1 Å². The maximum Gasteiger partial charge on any atom is 0.259 e. The molecule has 1 heterocycles. The molecule has 0 spiro atoms. The first kappa shape index (κ1) is 13.6. The molecule has 0 atom stereocenters. The minimum atomic E-state index is -0.463. The van der Waals surface area contributed by atoms with Gasteiger partial charge in [0.15, 0.2) is 5.82 Å². The van der Waals surface area contributed by atoms with Crippen molar-refractivity contribution < 1.29 is 4.52 Å². The van der Waals surface area contributed by atoms with Crippen molar-refractivity contribution in [2.45, 2.75) is 38.1 Å². The molecule has 106 valence electrons. The van der Waals surface area contributed by atoms with Crippen LogP contribution in [0.2, 0.25) is 5.02 Å². The van der Waals surface area contributed by atoms with Crippen LogP contribution in [0.5, 0.6) is 0 Å². The fourth-order valence-electron chi connectivity index (χ4n) is 2.67. The molecular weight excluding hydrogens is 274 g/mol. The SMILES string of the molecule is CC1CCC(N)(c2noc(-c3ccccc3Cl)n2)CC1. The summed E-state index contributed by atoms with van der Waals surface area (Å²) < 4.78 is 5.35. The number of hydrogen-bond acceptors (Lipinski definition) is 4. The molecule has 2 aromatic rings. The average molecular weight is 292 g/mol. The second-order valence-electron chi connectivity index (χ2n) is 5.74. The van der Waals surface area contributed by atoms with E-state index in [0.29, 0.717) is 16.7 Å². The number of nitrogens with zero attached hydrogens (tertiary/aromatic N) is 2. The molecule has 1 aliphatic rings. The summed E-state index contributed by atoms with van der Waals surface area (Å²) in [6, 6.07) is 7.44. The Morgan fingerprint density at radius 2 is 2.00 bits per heavy atom. The van der Waals surface area contributed by atoms with E-state index in [1.54, 1.807) is 6.07 Å². The first-order valence-corrected chi connectivity index (χ1v) is 7.34. The van der Waals surface area contributed by atoms with Crippen molar-refractivity contribution in [2.75, 3.05) is 0 Å². The second kappa shape index (κ2) is 5.19. The number of nitrogens with two attached hydrogens (primary N) is 1. The maximum atomic E-state index is 6.45. The highest BCUT2D eigenvalue weighted by molar-refractivity contribution is 6.33. The third kappa shape index (κ3) is 2.45. The zero-order valence-corrected chi connectivity index (χ0v) is 12.2. The molecule has 5 heteroatoms. The highest BCUT2D eigenvalue weighted by atomic mass is 35.5. The highest BCUT2D eigenvalue weighted by Crippen LogP contribution is 2.37. The van der Waals surface area contributed by atoms with Crippen molar-refractivity contribution in [1.29, 1.82) is 0 Å². The molecule has 0 unspecified atom stereocenters. The summed E-state index contributed by atoms with van der Waals surface area (Å²) in [5, 5.41) is 4.69. The van der Waals surface area contributed by atoms with Gasteiger partial charge in [0.05, 0.1) is 16.1 Å². The molecule has 0 saturated heterocycles. The number of rotatable bonds is 2. The summed E-state index contributed by atoms with van der Waals surface area (Å²) in [6.45, 7) is 2.25. The normalized spacial score (nSPS) is 26.6. The summed E-state index contributed by atoms with van der Waals surface area (Å²) in [6.07, 6.45) is 4.00. The zero-order chi connectivity index (χ0) is 14.2. The monoisotopic (exact) mass is 291 g/mol. The molecule has 0 amide bonds. The number of hydrogen-bond donors (Lipinski definition) is 1. The molecule has 1 aromatic carbocycles. The van der Waals surface area contributed by atoms with E-state index in [9.17, 15) is 0 Å². The topological polar surface area (TPSA) is 64.9 Å². The van der Waals surface area contributed by atoms with E-state index in [1.165, 1.54) is 0 Å². The lowest BCUT2D eigenvalue weighted by molar-refractivity contribution is 0.230.